The zero-order chi connectivity index (χ0) is 53.7. The molecule has 0 bridgehead atoms. The number of fused-ring (bicyclic) bond motifs is 14. The van der Waals surface area contributed by atoms with Gasteiger partial charge in [-0.25, -0.2) is 0 Å². The van der Waals surface area contributed by atoms with Crippen molar-refractivity contribution in [3.8, 4) is 44.9 Å². The molecule has 0 spiro atoms. The average molecular weight is 1020 g/mol. The smallest absolute Gasteiger partial charge is 0.333 e. The van der Waals surface area contributed by atoms with Crippen LogP contribution in [-0.4, -0.2) is 6.85 Å². The number of para-hydroxylation sites is 2. The number of furan rings is 1. The van der Waals surface area contributed by atoms with Gasteiger partial charge in [-0.3, -0.25) is 0 Å². The summed E-state index contributed by atoms with van der Waals surface area (Å²) in [4.78, 5) is 5.40. The summed E-state index contributed by atoms with van der Waals surface area (Å²) in [6, 6.07) is 62.4. The van der Waals surface area contributed by atoms with Gasteiger partial charge in [0.05, 0.1) is 0 Å². The van der Waals surface area contributed by atoms with E-state index in [1.807, 2.05) is 0 Å². The molecule has 0 saturated carbocycles. The monoisotopic (exact) mass is 1010 g/mol. The SMILES string of the molecule is Cc1cc2c(cc1N1c3cc4c(cc3B3c5c1cc1c(c5-c5cc6c(cc5N3c3ccc(C(C)(C)C)cc3-c3ccccc3)oc3ccccc36)C(C)(C)c3ccccc3-1)C(C)(C)c1ccccc1O4)C(C)(C)CCC2(C)C. The number of rotatable bonds is 3. The van der Waals surface area contributed by atoms with E-state index in [9.17, 15) is 0 Å². The molecule has 0 saturated heterocycles. The zero-order valence-corrected chi connectivity index (χ0v) is 47.3. The first-order valence-corrected chi connectivity index (χ1v) is 28.4. The third-order valence-electron chi connectivity index (χ3n) is 19.4. The molecule has 78 heavy (non-hydrogen) atoms. The fraction of sp³-hybridized carbons (Fsp3) is 0.260. The van der Waals surface area contributed by atoms with Crippen molar-refractivity contribution >= 4 is 68.1 Å². The Morgan fingerprint density at radius 2 is 1.17 bits per heavy atom. The normalized spacial score (nSPS) is 17.3. The minimum Gasteiger partial charge on any atom is -0.457 e. The van der Waals surface area contributed by atoms with Gasteiger partial charge in [-0.2, -0.15) is 0 Å². The quantitative estimate of drug-likeness (QED) is 0.165. The topological polar surface area (TPSA) is 28.9 Å². The molecule has 15 rings (SSSR count). The number of anilines is 5. The number of benzene rings is 9. The van der Waals surface area contributed by atoms with Gasteiger partial charge in [0.15, 0.2) is 0 Å². The maximum atomic E-state index is 7.20. The molecule has 5 heteroatoms. The lowest BCUT2D eigenvalue weighted by atomic mass is 9.42. The van der Waals surface area contributed by atoms with Crippen molar-refractivity contribution in [2.75, 3.05) is 9.71 Å². The lowest BCUT2D eigenvalue weighted by Gasteiger charge is -2.49. The van der Waals surface area contributed by atoms with Crippen LogP contribution in [0.5, 0.6) is 11.5 Å². The molecule has 10 aromatic rings. The summed E-state index contributed by atoms with van der Waals surface area (Å²) in [5.41, 5.74) is 27.6. The van der Waals surface area contributed by atoms with Crippen LogP contribution in [0.2, 0.25) is 0 Å². The van der Waals surface area contributed by atoms with Crippen LogP contribution < -0.4 is 25.4 Å². The fourth-order valence-corrected chi connectivity index (χ4v) is 15.0. The first kappa shape index (κ1) is 47.5. The Labute approximate surface area is 460 Å². The highest BCUT2D eigenvalue weighted by molar-refractivity contribution is 6.94. The Kier molecular flexibility index (Phi) is 9.56. The van der Waals surface area contributed by atoms with Gasteiger partial charge in [0, 0.05) is 84.4 Å². The van der Waals surface area contributed by atoms with Crippen molar-refractivity contribution in [1.29, 1.82) is 0 Å². The van der Waals surface area contributed by atoms with E-state index in [1.165, 1.54) is 100 Å². The molecule has 0 unspecified atom stereocenters. The summed E-state index contributed by atoms with van der Waals surface area (Å²) >= 11 is 0. The van der Waals surface area contributed by atoms with E-state index in [0.717, 1.165) is 63.3 Å². The lowest BCUT2D eigenvalue weighted by Crippen LogP contribution is -2.62. The standard InChI is InChI=1S/C73H67BN2O2/c1-42-34-53-54(71(7,8)33-32-70(53,5)6)39-58(42)75-60-41-65-55(72(9,10)52-27-19-21-29-63(52)78-65)38-56(60)74-68-61(75)37-49-45-24-16-18-26-51(45)73(11,12)67(49)66(68)50-36-48-46-25-17-20-28-62(46)77-64(48)40-59(50)76(74)57-31-30-44(69(2,3)4)35-47(57)43-22-14-13-15-23-43/h13-31,34-41H,32-33H2,1-12H3. The summed E-state index contributed by atoms with van der Waals surface area (Å²) in [5, 5.41) is 2.26. The average Bonchev–Trinajstić information content (AvgIpc) is 2.66. The lowest BCUT2D eigenvalue weighted by molar-refractivity contribution is 0.332. The molecule has 384 valence electrons. The number of hydrogen-bond donors (Lipinski definition) is 0. The third-order valence-corrected chi connectivity index (χ3v) is 19.4. The zero-order valence-electron chi connectivity index (χ0n) is 47.3. The molecule has 4 nitrogen and oxygen atoms in total. The first-order valence-electron chi connectivity index (χ1n) is 28.4. The van der Waals surface area contributed by atoms with Crippen molar-refractivity contribution in [3.05, 3.63) is 208 Å². The van der Waals surface area contributed by atoms with Crippen LogP contribution in [0.3, 0.4) is 0 Å². The van der Waals surface area contributed by atoms with Gasteiger partial charge >= 0.3 is 6.85 Å². The van der Waals surface area contributed by atoms with E-state index >= 15 is 0 Å². The van der Waals surface area contributed by atoms with Gasteiger partial charge in [0.25, 0.3) is 0 Å². The third kappa shape index (κ3) is 6.42. The van der Waals surface area contributed by atoms with Crippen molar-refractivity contribution in [2.24, 2.45) is 0 Å². The highest BCUT2D eigenvalue weighted by Gasteiger charge is 2.52. The van der Waals surface area contributed by atoms with E-state index < -0.39 is 0 Å². The van der Waals surface area contributed by atoms with Crippen molar-refractivity contribution in [3.63, 3.8) is 0 Å². The van der Waals surface area contributed by atoms with Gasteiger partial charge in [-0.15, -0.1) is 0 Å². The van der Waals surface area contributed by atoms with Crippen LogP contribution in [0, 0.1) is 6.92 Å². The summed E-state index contributed by atoms with van der Waals surface area (Å²) in [7, 11) is 0. The Bertz CT molecular complexity index is 4260. The number of aryl methyl sites for hydroxylation is 1. The molecule has 0 amide bonds. The maximum absolute atomic E-state index is 7.20. The van der Waals surface area contributed by atoms with Gasteiger partial charge in [0.1, 0.15) is 22.7 Å². The van der Waals surface area contributed by atoms with E-state index in [0.29, 0.717) is 0 Å². The molecule has 4 heterocycles. The minimum absolute atomic E-state index is 0.0109. The molecule has 1 aromatic heterocycles. The van der Waals surface area contributed by atoms with E-state index in [4.69, 9.17) is 9.15 Å². The molecule has 0 atom stereocenters. The molecule has 2 aliphatic carbocycles. The van der Waals surface area contributed by atoms with Crippen LogP contribution in [0.4, 0.5) is 28.4 Å². The van der Waals surface area contributed by atoms with Gasteiger partial charge < -0.3 is 18.9 Å². The summed E-state index contributed by atoms with van der Waals surface area (Å²) in [5.74, 6) is 1.82. The van der Waals surface area contributed by atoms with Crippen LogP contribution in [-0.2, 0) is 27.1 Å². The van der Waals surface area contributed by atoms with Crippen molar-refractivity contribution < 1.29 is 9.15 Å². The van der Waals surface area contributed by atoms with Gasteiger partial charge in [-0.1, -0.05) is 185 Å². The molecule has 0 N–H and O–H groups in total. The molecule has 0 fully saturated rings. The van der Waals surface area contributed by atoms with E-state index in [1.54, 1.807) is 0 Å². The molecule has 5 aliphatic rings. The Morgan fingerprint density at radius 1 is 0.474 bits per heavy atom. The second kappa shape index (κ2) is 15.7. The predicted octanol–water partition coefficient (Wildman–Crippen LogP) is 18.7. The fourth-order valence-electron chi connectivity index (χ4n) is 15.0. The first-order chi connectivity index (χ1) is 37.2. The molecular formula is C73H67BN2O2. The van der Waals surface area contributed by atoms with E-state index in [2.05, 4.69) is 257 Å². The highest BCUT2D eigenvalue weighted by atomic mass is 16.5. The molecule has 9 aromatic carbocycles. The Morgan fingerprint density at radius 3 is 1.94 bits per heavy atom. The number of hydrogen-bond acceptors (Lipinski definition) is 4. The van der Waals surface area contributed by atoms with Crippen molar-refractivity contribution in [2.45, 2.75) is 123 Å². The largest absolute Gasteiger partial charge is 0.457 e. The summed E-state index contributed by atoms with van der Waals surface area (Å²) < 4.78 is 14.2. The number of nitrogens with zero attached hydrogens (tertiary/aromatic N) is 2. The van der Waals surface area contributed by atoms with Crippen molar-refractivity contribution in [1.82, 2.24) is 0 Å². The Hall–Kier alpha value is -7.76. The summed E-state index contributed by atoms with van der Waals surface area (Å²) in [6.45, 7) is 28.6. The second-order valence-corrected chi connectivity index (χ2v) is 26.8. The number of ether oxygens (including phenoxy) is 1. The molecule has 3 aliphatic heterocycles. The van der Waals surface area contributed by atoms with Crippen LogP contribution in [0.25, 0.3) is 55.3 Å². The summed E-state index contributed by atoms with van der Waals surface area (Å²) in [6.07, 6.45) is 2.29. The second-order valence-electron chi connectivity index (χ2n) is 26.8. The molecular weight excluding hydrogens is 948 g/mol. The Balaban J connectivity index is 1.15. The van der Waals surface area contributed by atoms with E-state index in [-0.39, 0.29) is 33.9 Å². The molecule has 0 radical (unpaired) electrons. The van der Waals surface area contributed by atoms with Crippen LogP contribution in [0.1, 0.15) is 134 Å². The van der Waals surface area contributed by atoms with Gasteiger partial charge in [0.2, 0.25) is 0 Å². The maximum Gasteiger partial charge on any atom is 0.333 e. The van der Waals surface area contributed by atoms with Crippen LogP contribution in [0.15, 0.2) is 168 Å². The van der Waals surface area contributed by atoms with Gasteiger partial charge in [-0.05, 0) is 145 Å². The van der Waals surface area contributed by atoms with Crippen LogP contribution >= 0.6 is 0 Å². The minimum atomic E-state index is -0.368. The highest BCUT2D eigenvalue weighted by Crippen LogP contribution is 2.61. The predicted molar refractivity (Wildman–Crippen MR) is 328 cm³/mol.